The fourth-order valence-corrected chi connectivity index (χ4v) is 2.46. The van der Waals surface area contributed by atoms with Crippen molar-refractivity contribution < 1.29 is 5.11 Å². The minimum atomic E-state index is -0.303. The van der Waals surface area contributed by atoms with Crippen LogP contribution in [0.25, 0.3) is 0 Å². The zero-order valence-electron chi connectivity index (χ0n) is 13.4. The Morgan fingerprint density at radius 2 is 1.11 bits per heavy atom. The van der Waals surface area contributed by atoms with Gasteiger partial charge in [0, 0.05) is 6.04 Å². The molecule has 0 saturated carbocycles. The first-order valence-corrected chi connectivity index (χ1v) is 8.62. The Hall–Kier alpha value is -0.0800. The van der Waals surface area contributed by atoms with Crippen molar-refractivity contribution in [1.29, 1.82) is 0 Å². The predicted octanol–water partition coefficient (Wildman–Crippen LogP) is 4.79. The molecule has 0 aromatic carbocycles. The van der Waals surface area contributed by atoms with Gasteiger partial charge in [-0.3, -0.25) is 0 Å². The zero-order valence-corrected chi connectivity index (χ0v) is 13.4. The van der Waals surface area contributed by atoms with Gasteiger partial charge in [-0.2, -0.15) is 0 Å². The van der Waals surface area contributed by atoms with Crippen LogP contribution in [0.1, 0.15) is 97.3 Å². The Morgan fingerprint density at radius 3 is 1.47 bits per heavy atom. The summed E-state index contributed by atoms with van der Waals surface area (Å²) in [6.45, 7) is 4.15. The summed E-state index contributed by atoms with van der Waals surface area (Å²) in [4.78, 5) is 0. The fraction of sp³-hybridized carbons (Fsp3) is 1.00. The van der Waals surface area contributed by atoms with Crippen molar-refractivity contribution in [3.05, 3.63) is 0 Å². The van der Waals surface area contributed by atoms with E-state index in [1.807, 2.05) is 6.92 Å². The van der Waals surface area contributed by atoms with E-state index in [0.717, 1.165) is 12.8 Å². The van der Waals surface area contributed by atoms with Crippen LogP contribution in [0.4, 0.5) is 0 Å². The molecule has 116 valence electrons. The Balaban J connectivity index is 3.03. The van der Waals surface area contributed by atoms with E-state index < -0.39 is 0 Å². The molecule has 0 saturated heterocycles. The highest BCUT2D eigenvalue weighted by Crippen LogP contribution is 2.13. The molecule has 0 aromatic heterocycles. The van der Waals surface area contributed by atoms with Gasteiger partial charge in [-0.1, -0.05) is 84.0 Å². The number of unbranched alkanes of at least 4 members (excludes halogenated alkanes) is 11. The van der Waals surface area contributed by atoms with Crippen LogP contribution in [0, 0.1) is 0 Å². The Labute approximate surface area is 121 Å². The van der Waals surface area contributed by atoms with Gasteiger partial charge < -0.3 is 10.8 Å². The maximum absolute atomic E-state index is 9.56. The lowest BCUT2D eigenvalue weighted by molar-refractivity contribution is 0.138. The van der Waals surface area contributed by atoms with Crippen LogP contribution in [0.5, 0.6) is 0 Å². The molecule has 0 radical (unpaired) electrons. The highest BCUT2D eigenvalue weighted by molar-refractivity contribution is 4.65. The molecular formula is C17H37NO. The van der Waals surface area contributed by atoms with Gasteiger partial charge in [0.15, 0.2) is 0 Å². The van der Waals surface area contributed by atoms with Crippen LogP contribution >= 0.6 is 0 Å². The van der Waals surface area contributed by atoms with Crippen LogP contribution in [-0.4, -0.2) is 17.3 Å². The number of nitrogens with two attached hydrogens (primary N) is 1. The molecule has 0 rings (SSSR count). The maximum atomic E-state index is 9.56. The van der Waals surface area contributed by atoms with E-state index in [1.54, 1.807) is 0 Å². The Bertz CT molecular complexity index is 171. The molecule has 0 unspecified atom stereocenters. The normalized spacial score (nSPS) is 14.5. The Morgan fingerprint density at radius 1 is 0.737 bits per heavy atom. The van der Waals surface area contributed by atoms with Crippen molar-refractivity contribution in [2.75, 3.05) is 0 Å². The molecule has 0 amide bonds. The number of aliphatic hydroxyl groups excluding tert-OH is 1. The average molecular weight is 271 g/mol. The summed E-state index contributed by atoms with van der Waals surface area (Å²) in [7, 11) is 0. The van der Waals surface area contributed by atoms with E-state index >= 15 is 0 Å². The number of hydrogen-bond donors (Lipinski definition) is 2. The molecule has 0 aliphatic carbocycles. The molecule has 0 spiro atoms. The van der Waals surface area contributed by atoms with Crippen LogP contribution in [0.2, 0.25) is 0 Å². The van der Waals surface area contributed by atoms with E-state index in [-0.39, 0.29) is 12.1 Å². The van der Waals surface area contributed by atoms with Crippen molar-refractivity contribution in [3.8, 4) is 0 Å². The summed E-state index contributed by atoms with van der Waals surface area (Å²) in [5.41, 5.74) is 5.63. The number of aliphatic hydroxyl groups is 1. The lowest BCUT2D eigenvalue weighted by Gasteiger charge is -2.13. The summed E-state index contributed by atoms with van der Waals surface area (Å²) in [6, 6.07) is -0.0762. The second-order valence-corrected chi connectivity index (χ2v) is 6.10. The lowest BCUT2D eigenvalue weighted by atomic mass is 10.0. The zero-order chi connectivity index (χ0) is 14.3. The smallest absolute Gasteiger partial charge is 0.0688 e. The second kappa shape index (κ2) is 14.3. The van der Waals surface area contributed by atoms with Crippen LogP contribution in [-0.2, 0) is 0 Å². The summed E-state index contributed by atoms with van der Waals surface area (Å²) in [5.74, 6) is 0. The fourth-order valence-electron chi connectivity index (χ4n) is 2.46. The van der Waals surface area contributed by atoms with E-state index in [0.29, 0.717) is 0 Å². The molecule has 2 atom stereocenters. The molecule has 0 fully saturated rings. The molecule has 0 bridgehead atoms. The van der Waals surface area contributed by atoms with E-state index in [1.165, 1.54) is 70.6 Å². The minimum absolute atomic E-state index is 0.0762. The van der Waals surface area contributed by atoms with Gasteiger partial charge in [0.2, 0.25) is 0 Å². The number of hydrogen-bond acceptors (Lipinski definition) is 2. The summed E-state index contributed by atoms with van der Waals surface area (Å²) in [6.07, 6.45) is 16.9. The minimum Gasteiger partial charge on any atom is -0.392 e. The molecular weight excluding hydrogens is 234 g/mol. The largest absolute Gasteiger partial charge is 0.392 e. The first-order chi connectivity index (χ1) is 9.18. The van der Waals surface area contributed by atoms with Gasteiger partial charge in [-0.25, -0.2) is 0 Å². The maximum Gasteiger partial charge on any atom is 0.0688 e. The quantitative estimate of drug-likeness (QED) is 0.446. The molecule has 0 heterocycles. The van der Waals surface area contributed by atoms with Gasteiger partial charge >= 0.3 is 0 Å². The predicted molar refractivity (Wildman–Crippen MR) is 85.4 cm³/mol. The standard InChI is InChI=1S/C17H37NO/c1-3-4-5-6-7-8-9-10-11-12-13-14-15-17(19)16(2)18/h16-17,19H,3-15,18H2,1-2H3/t16-,17-/m1/s1. The van der Waals surface area contributed by atoms with E-state index in [4.69, 9.17) is 5.73 Å². The van der Waals surface area contributed by atoms with Gasteiger partial charge in [0.1, 0.15) is 0 Å². The first kappa shape index (κ1) is 18.9. The van der Waals surface area contributed by atoms with Crippen molar-refractivity contribution in [1.82, 2.24) is 0 Å². The molecule has 0 aliphatic heterocycles. The van der Waals surface area contributed by atoms with Crippen molar-refractivity contribution in [3.63, 3.8) is 0 Å². The van der Waals surface area contributed by atoms with Crippen molar-refractivity contribution >= 4 is 0 Å². The molecule has 2 nitrogen and oxygen atoms in total. The van der Waals surface area contributed by atoms with Gasteiger partial charge in [-0.05, 0) is 13.3 Å². The van der Waals surface area contributed by atoms with Crippen LogP contribution in [0.3, 0.4) is 0 Å². The van der Waals surface area contributed by atoms with E-state index in [2.05, 4.69) is 6.92 Å². The highest BCUT2D eigenvalue weighted by atomic mass is 16.3. The third-order valence-corrected chi connectivity index (χ3v) is 3.96. The van der Waals surface area contributed by atoms with Gasteiger partial charge in [-0.15, -0.1) is 0 Å². The van der Waals surface area contributed by atoms with Crippen molar-refractivity contribution in [2.45, 2.75) is 109 Å². The molecule has 0 aliphatic rings. The summed E-state index contributed by atoms with van der Waals surface area (Å²) >= 11 is 0. The Kier molecular flexibility index (Phi) is 14.3. The monoisotopic (exact) mass is 271 g/mol. The molecule has 2 heteroatoms. The van der Waals surface area contributed by atoms with Crippen LogP contribution in [0.15, 0.2) is 0 Å². The van der Waals surface area contributed by atoms with Crippen molar-refractivity contribution in [2.24, 2.45) is 5.73 Å². The molecule has 19 heavy (non-hydrogen) atoms. The molecule has 0 aromatic rings. The lowest BCUT2D eigenvalue weighted by Crippen LogP contribution is -2.31. The third-order valence-electron chi connectivity index (χ3n) is 3.96. The SMILES string of the molecule is CCCCCCCCCCCCCC[C@@H](O)[C@@H](C)N. The van der Waals surface area contributed by atoms with Gasteiger partial charge in [0.05, 0.1) is 6.10 Å². The first-order valence-electron chi connectivity index (χ1n) is 8.62. The highest BCUT2D eigenvalue weighted by Gasteiger charge is 2.07. The van der Waals surface area contributed by atoms with E-state index in [9.17, 15) is 5.11 Å². The molecule has 3 N–H and O–H groups in total. The second-order valence-electron chi connectivity index (χ2n) is 6.10. The summed E-state index contributed by atoms with van der Waals surface area (Å²) in [5, 5.41) is 9.56. The average Bonchev–Trinajstić information content (AvgIpc) is 2.39. The number of rotatable bonds is 14. The summed E-state index contributed by atoms with van der Waals surface area (Å²) < 4.78 is 0. The topological polar surface area (TPSA) is 46.2 Å². The third kappa shape index (κ3) is 14.1. The van der Waals surface area contributed by atoms with Gasteiger partial charge in [0.25, 0.3) is 0 Å². The van der Waals surface area contributed by atoms with Crippen LogP contribution < -0.4 is 5.73 Å².